The van der Waals surface area contributed by atoms with Gasteiger partial charge in [0.25, 0.3) is 0 Å². The van der Waals surface area contributed by atoms with Gasteiger partial charge in [-0.2, -0.15) is 0 Å². The zero-order chi connectivity index (χ0) is 9.97. The average Bonchev–Trinajstić information content (AvgIpc) is 2.17. The van der Waals surface area contributed by atoms with Gasteiger partial charge in [0.05, 0.1) is 0 Å². The highest BCUT2D eigenvalue weighted by atomic mass is 32.2. The Bertz CT molecular complexity index is 368. The van der Waals surface area contributed by atoms with E-state index in [1.54, 1.807) is 0 Å². The van der Waals surface area contributed by atoms with E-state index in [9.17, 15) is 0 Å². The van der Waals surface area contributed by atoms with Crippen LogP contribution < -0.4 is 15.2 Å². The summed E-state index contributed by atoms with van der Waals surface area (Å²) in [5.74, 6) is 1.48. The van der Waals surface area contributed by atoms with E-state index in [1.807, 2.05) is 18.2 Å². The molecule has 0 spiro atoms. The molecule has 1 aromatic carbocycles. The molecule has 74 valence electrons. The van der Waals surface area contributed by atoms with Gasteiger partial charge in [0.1, 0.15) is 13.2 Å². The Kier molecular flexibility index (Phi) is 2.49. The maximum absolute atomic E-state index is 7.14. The molecule has 1 aliphatic rings. The Morgan fingerprint density at radius 3 is 2.71 bits per heavy atom. The van der Waals surface area contributed by atoms with Crippen molar-refractivity contribution in [1.29, 1.82) is 5.41 Å². The van der Waals surface area contributed by atoms with Crippen molar-refractivity contribution >= 4 is 16.9 Å². The van der Waals surface area contributed by atoms with Crippen molar-refractivity contribution in [1.82, 2.24) is 0 Å². The zero-order valence-electron chi connectivity index (χ0n) is 7.45. The van der Waals surface area contributed by atoms with E-state index in [0.717, 1.165) is 16.4 Å². The number of benzene rings is 1. The fourth-order valence-corrected chi connectivity index (χ4v) is 1.77. The number of ether oxygens (including phenoxy) is 2. The summed E-state index contributed by atoms with van der Waals surface area (Å²) in [6.45, 7) is 1.16. The van der Waals surface area contributed by atoms with Gasteiger partial charge in [0.2, 0.25) is 0 Å². The molecule has 0 fully saturated rings. The first kappa shape index (κ1) is 9.21. The minimum absolute atomic E-state index is 0.0710. The SMILES string of the molecule is N=C(N)Sc1ccc2c(c1)OCCO2. The van der Waals surface area contributed by atoms with E-state index in [4.69, 9.17) is 20.6 Å². The number of hydrogen-bond donors (Lipinski definition) is 2. The minimum Gasteiger partial charge on any atom is -0.486 e. The zero-order valence-corrected chi connectivity index (χ0v) is 8.26. The van der Waals surface area contributed by atoms with Crippen molar-refractivity contribution in [3.63, 3.8) is 0 Å². The standard InChI is InChI=1S/C9H10N2O2S/c10-9(11)14-6-1-2-7-8(5-6)13-4-3-12-7/h1-2,5H,3-4H2,(H3,10,11). The molecule has 0 aromatic heterocycles. The van der Waals surface area contributed by atoms with Crippen LogP contribution in [0, 0.1) is 5.41 Å². The number of amidine groups is 1. The van der Waals surface area contributed by atoms with Crippen LogP contribution in [-0.4, -0.2) is 18.4 Å². The molecule has 0 aliphatic carbocycles. The smallest absolute Gasteiger partial charge is 0.162 e. The van der Waals surface area contributed by atoms with Crippen LogP contribution in [-0.2, 0) is 0 Å². The highest BCUT2D eigenvalue weighted by molar-refractivity contribution is 8.13. The number of rotatable bonds is 1. The first-order chi connectivity index (χ1) is 6.75. The van der Waals surface area contributed by atoms with Crippen molar-refractivity contribution in [2.24, 2.45) is 5.73 Å². The van der Waals surface area contributed by atoms with Crippen LogP contribution in [0.4, 0.5) is 0 Å². The second kappa shape index (κ2) is 3.79. The molecule has 0 bridgehead atoms. The Balaban J connectivity index is 2.24. The predicted molar refractivity (Wildman–Crippen MR) is 55.2 cm³/mol. The molecule has 4 nitrogen and oxygen atoms in total. The molecule has 0 saturated heterocycles. The number of hydrogen-bond acceptors (Lipinski definition) is 4. The Morgan fingerprint density at radius 2 is 2.00 bits per heavy atom. The molecule has 14 heavy (non-hydrogen) atoms. The van der Waals surface area contributed by atoms with E-state index in [-0.39, 0.29) is 5.17 Å². The molecule has 0 atom stereocenters. The molecule has 1 heterocycles. The Labute approximate surface area is 85.9 Å². The topological polar surface area (TPSA) is 68.3 Å². The van der Waals surface area contributed by atoms with E-state index < -0.39 is 0 Å². The third-order valence-electron chi connectivity index (χ3n) is 1.74. The molecule has 2 rings (SSSR count). The van der Waals surface area contributed by atoms with Gasteiger partial charge in [-0.25, -0.2) is 0 Å². The number of nitrogens with two attached hydrogens (primary N) is 1. The fraction of sp³-hybridized carbons (Fsp3) is 0.222. The van der Waals surface area contributed by atoms with Crippen LogP contribution in [0.3, 0.4) is 0 Å². The van der Waals surface area contributed by atoms with Gasteiger partial charge in [-0.05, 0) is 18.2 Å². The number of fused-ring (bicyclic) bond motifs is 1. The van der Waals surface area contributed by atoms with Crippen molar-refractivity contribution in [2.45, 2.75) is 4.90 Å². The van der Waals surface area contributed by atoms with Gasteiger partial charge in [0.15, 0.2) is 16.7 Å². The summed E-state index contributed by atoms with van der Waals surface area (Å²) in [7, 11) is 0. The molecule has 1 aromatic rings. The summed E-state index contributed by atoms with van der Waals surface area (Å²) in [6, 6.07) is 5.53. The summed E-state index contributed by atoms with van der Waals surface area (Å²) in [4.78, 5) is 0.891. The van der Waals surface area contributed by atoms with E-state index >= 15 is 0 Å². The van der Waals surface area contributed by atoms with Crippen molar-refractivity contribution in [3.8, 4) is 11.5 Å². The van der Waals surface area contributed by atoms with Gasteiger partial charge >= 0.3 is 0 Å². The summed E-state index contributed by atoms with van der Waals surface area (Å²) < 4.78 is 10.8. The molecule has 5 heteroatoms. The maximum atomic E-state index is 7.14. The Morgan fingerprint density at radius 1 is 1.29 bits per heavy atom. The first-order valence-electron chi connectivity index (χ1n) is 4.17. The lowest BCUT2D eigenvalue weighted by Gasteiger charge is -2.18. The fourth-order valence-electron chi connectivity index (χ4n) is 1.21. The second-order valence-corrected chi connectivity index (χ2v) is 3.89. The molecule has 0 radical (unpaired) electrons. The predicted octanol–water partition coefficient (Wildman–Crippen LogP) is 1.44. The number of thioether (sulfide) groups is 1. The van der Waals surface area contributed by atoms with Crippen LogP contribution >= 0.6 is 11.8 Å². The van der Waals surface area contributed by atoms with Crippen molar-refractivity contribution < 1.29 is 9.47 Å². The average molecular weight is 210 g/mol. The Hall–Kier alpha value is -1.36. The summed E-state index contributed by atoms with van der Waals surface area (Å²) >= 11 is 1.20. The van der Waals surface area contributed by atoms with Gasteiger partial charge < -0.3 is 15.2 Å². The molecule has 1 aliphatic heterocycles. The minimum atomic E-state index is 0.0710. The molecular weight excluding hydrogens is 200 g/mol. The normalized spacial score (nSPS) is 13.7. The number of nitrogens with one attached hydrogen (secondary N) is 1. The van der Waals surface area contributed by atoms with Crippen LogP contribution in [0.5, 0.6) is 11.5 Å². The van der Waals surface area contributed by atoms with Crippen LogP contribution in [0.2, 0.25) is 0 Å². The summed E-state index contributed by atoms with van der Waals surface area (Å²) in [6.07, 6.45) is 0. The quantitative estimate of drug-likeness (QED) is 0.418. The van der Waals surface area contributed by atoms with Crippen LogP contribution in [0.25, 0.3) is 0 Å². The van der Waals surface area contributed by atoms with Crippen LogP contribution in [0.1, 0.15) is 0 Å². The largest absolute Gasteiger partial charge is 0.486 e. The van der Waals surface area contributed by atoms with E-state index in [2.05, 4.69) is 0 Å². The van der Waals surface area contributed by atoms with Crippen molar-refractivity contribution in [2.75, 3.05) is 13.2 Å². The van der Waals surface area contributed by atoms with Gasteiger partial charge in [-0.1, -0.05) is 11.8 Å². The third kappa shape index (κ3) is 1.93. The third-order valence-corrected chi connectivity index (χ3v) is 2.45. The summed E-state index contributed by atoms with van der Waals surface area (Å²) in [5.41, 5.74) is 5.27. The van der Waals surface area contributed by atoms with Gasteiger partial charge in [-0.15, -0.1) is 0 Å². The van der Waals surface area contributed by atoms with E-state index in [1.165, 1.54) is 11.8 Å². The molecule has 0 amide bonds. The molecule has 3 N–H and O–H groups in total. The summed E-state index contributed by atoms with van der Waals surface area (Å²) in [5, 5.41) is 7.21. The van der Waals surface area contributed by atoms with Crippen LogP contribution in [0.15, 0.2) is 23.1 Å². The van der Waals surface area contributed by atoms with Gasteiger partial charge in [0, 0.05) is 4.90 Å². The molecule has 0 saturated carbocycles. The highest BCUT2D eigenvalue weighted by Gasteiger charge is 2.11. The second-order valence-electron chi connectivity index (χ2n) is 2.77. The monoisotopic (exact) mass is 210 g/mol. The molecule has 0 unspecified atom stereocenters. The lowest BCUT2D eigenvalue weighted by molar-refractivity contribution is 0.171. The first-order valence-corrected chi connectivity index (χ1v) is 4.99. The lowest BCUT2D eigenvalue weighted by Crippen LogP contribution is -2.15. The van der Waals surface area contributed by atoms with E-state index in [0.29, 0.717) is 13.2 Å². The van der Waals surface area contributed by atoms with Crippen molar-refractivity contribution in [3.05, 3.63) is 18.2 Å². The highest BCUT2D eigenvalue weighted by Crippen LogP contribution is 2.33. The van der Waals surface area contributed by atoms with Gasteiger partial charge in [-0.3, -0.25) is 5.41 Å². The lowest BCUT2D eigenvalue weighted by atomic mass is 10.3. The maximum Gasteiger partial charge on any atom is 0.162 e. The molecular formula is C9H10N2O2S.